The fourth-order valence-corrected chi connectivity index (χ4v) is 3.10. The summed E-state index contributed by atoms with van der Waals surface area (Å²) in [5.74, 6) is 6.04. The van der Waals surface area contributed by atoms with Crippen LogP contribution in [0.15, 0.2) is 24.3 Å². The summed E-state index contributed by atoms with van der Waals surface area (Å²) in [6.07, 6.45) is 1.44. The van der Waals surface area contributed by atoms with Gasteiger partial charge in [-0.3, -0.25) is 11.3 Å². The van der Waals surface area contributed by atoms with E-state index in [4.69, 9.17) is 22.2 Å². The maximum Gasteiger partial charge on any atom is 0.410 e. The highest BCUT2D eigenvalue weighted by Crippen LogP contribution is 2.24. The molecule has 2 rings (SSSR count). The lowest BCUT2D eigenvalue weighted by Gasteiger charge is -2.26. The van der Waals surface area contributed by atoms with Crippen molar-refractivity contribution in [2.45, 2.75) is 45.3 Å². The van der Waals surface area contributed by atoms with Gasteiger partial charge in [-0.2, -0.15) is 0 Å². The van der Waals surface area contributed by atoms with Crippen LogP contribution >= 0.6 is 11.6 Å². The molecular formula is C17H26ClN3O2. The summed E-state index contributed by atoms with van der Waals surface area (Å²) in [6.45, 7) is 6.99. The molecule has 23 heavy (non-hydrogen) atoms. The zero-order valence-corrected chi connectivity index (χ0v) is 14.8. The molecule has 1 aliphatic heterocycles. The van der Waals surface area contributed by atoms with Crippen LogP contribution in [-0.4, -0.2) is 35.7 Å². The zero-order valence-electron chi connectivity index (χ0n) is 14.0. The highest BCUT2D eigenvalue weighted by atomic mass is 35.5. The van der Waals surface area contributed by atoms with Gasteiger partial charge >= 0.3 is 6.09 Å². The largest absolute Gasteiger partial charge is 0.444 e. The summed E-state index contributed by atoms with van der Waals surface area (Å²) < 4.78 is 5.44. The minimum Gasteiger partial charge on any atom is -0.444 e. The molecule has 1 aliphatic rings. The molecule has 0 saturated carbocycles. The van der Waals surface area contributed by atoms with Gasteiger partial charge in [0.25, 0.3) is 0 Å². The molecule has 2 unspecified atom stereocenters. The summed E-state index contributed by atoms with van der Waals surface area (Å²) in [5, 5.41) is 0.722. The number of carbonyl (C=O) groups is 1. The zero-order chi connectivity index (χ0) is 17.0. The third kappa shape index (κ3) is 5.37. The predicted octanol–water partition coefficient (Wildman–Crippen LogP) is 2.97. The molecule has 1 heterocycles. The smallest absolute Gasteiger partial charge is 0.410 e. The second-order valence-electron chi connectivity index (χ2n) is 7.08. The predicted molar refractivity (Wildman–Crippen MR) is 92.2 cm³/mol. The van der Waals surface area contributed by atoms with Gasteiger partial charge < -0.3 is 9.64 Å². The lowest BCUT2D eigenvalue weighted by atomic mass is 9.93. The van der Waals surface area contributed by atoms with Crippen LogP contribution in [0.25, 0.3) is 0 Å². The quantitative estimate of drug-likeness (QED) is 0.653. The van der Waals surface area contributed by atoms with Crippen molar-refractivity contribution in [1.29, 1.82) is 0 Å². The van der Waals surface area contributed by atoms with E-state index in [0.29, 0.717) is 19.0 Å². The number of hydrogen-bond acceptors (Lipinski definition) is 4. The highest BCUT2D eigenvalue weighted by Gasteiger charge is 2.33. The second-order valence-corrected chi connectivity index (χ2v) is 7.52. The van der Waals surface area contributed by atoms with Crippen molar-refractivity contribution in [2.75, 3.05) is 13.1 Å². The van der Waals surface area contributed by atoms with Crippen LogP contribution < -0.4 is 11.3 Å². The van der Waals surface area contributed by atoms with E-state index in [1.165, 1.54) is 0 Å². The van der Waals surface area contributed by atoms with Gasteiger partial charge in [-0.05, 0) is 57.2 Å². The molecule has 5 nitrogen and oxygen atoms in total. The summed E-state index contributed by atoms with van der Waals surface area (Å²) in [6, 6.07) is 7.88. The molecule has 0 aromatic heterocycles. The first-order valence-corrected chi connectivity index (χ1v) is 8.35. The van der Waals surface area contributed by atoms with E-state index in [-0.39, 0.29) is 12.1 Å². The van der Waals surface area contributed by atoms with Crippen molar-refractivity contribution in [2.24, 2.45) is 11.8 Å². The van der Waals surface area contributed by atoms with Gasteiger partial charge in [-0.25, -0.2) is 4.79 Å². The van der Waals surface area contributed by atoms with E-state index in [1.807, 2.05) is 45.0 Å². The molecule has 1 aromatic rings. The van der Waals surface area contributed by atoms with Crippen molar-refractivity contribution < 1.29 is 9.53 Å². The molecule has 1 amide bonds. The van der Waals surface area contributed by atoms with Crippen molar-refractivity contribution in [3.63, 3.8) is 0 Å². The number of nitrogens with two attached hydrogens (primary N) is 1. The molecule has 2 atom stereocenters. The molecule has 1 fully saturated rings. The van der Waals surface area contributed by atoms with Crippen LogP contribution in [0.5, 0.6) is 0 Å². The number of amides is 1. The molecule has 3 N–H and O–H groups in total. The van der Waals surface area contributed by atoms with E-state index in [0.717, 1.165) is 23.4 Å². The van der Waals surface area contributed by atoms with Crippen LogP contribution in [0.1, 0.15) is 32.8 Å². The average Bonchev–Trinajstić information content (AvgIpc) is 2.93. The van der Waals surface area contributed by atoms with Gasteiger partial charge in [0.2, 0.25) is 0 Å². The average molecular weight is 340 g/mol. The molecule has 1 aromatic carbocycles. The standard InChI is InChI=1S/C17H26ClN3O2/c1-17(2,3)23-16(22)21-8-7-13(11-21)15(20-19)10-12-5-4-6-14(18)9-12/h4-6,9,13,15,20H,7-8,10-11,19H2,1-3H3. The van der Waals surface area contributed by atoms with Crippen LogP contribution in [0.3, 0.4) is 0 Å². The maximum atomic E-state index is 12.2. The molecule has 0 spiro atoms. The number of ether oxygens (including phenoxy) is 1. The Labute approximate surface area is 143 Å². The van der Waals surface area contributed by atoms with E-state index in [1.54, 1.807) is 4.90 Å². The topological polar surface area (TPSA) is 67.6 Å². The Morgan fingerprint density at radius 3 is 2.87 bits per heavy atom. The summed E-state index contributed by atoms with van der Waals surface area (Å²) in [5.41, 5.74) is 3.56. The van der Waals surface area contributed by atoms with Gasteiger partial charge in [0.15, 0.2) is 0 Å². The van der Waals surface area contributed by atoms with E-state index in [9.17, 15) is 4.79 Å². The third-order valence-corrected chi connectivity index (χ3v) is 4.24. The van der Waals surface area contributed by atoms with E-state index < -0.39 is 5.60 Å². The fourth-order valence-electron chi connectivity index (χ4n) is 2.89. The van der Waals surface area contributed by atoms with Gasteiger partial charge in [-0.15, -0.1) is 0 Å². The van der Waals surface area contributed by atoms with Crippen LogP contribution in [0.4, 0.5) is 4.79 Å². The Balaban J connectivity index is 1.94. The first-order valence-electron chi connectivity index (χ1n) is 7.97. The summed E-state index contributed by atoms with van der Waals surface area (Å²) >= 11 is 6.04. The SMILES string of the molecule is CC(C)(C)OC(=O)N1CCC(C(Cc2cccc(Cl)c2)NN)C1. The number of hydrazine groups is 1. The van der Waals surface area contributed by atoms with E-state index in [2.05, 4.69) is 5.43 Å². The number of carbonyl (C=O) groups excluding carboxylic acids is 1. The Kier molecular flexibility index (Phi) is 5.89. The minimum atomic E-state index is -0.471. The molecule has 0 radical (unpaired) electrons. The van der Waals surface area contributed by atoms with E-state index >= 15 is 0 Å². The molecule has 6 heteroatoms. The van der Waals surface area contributed by atoms with Gasteiger partial charge in [0.1, 0.15) is 5.60 Å². The third-order valence-electron chi connectivity index (χ3n) is 4.00. The summed E-state index contributed by atoms with van der Waals surface area (Å²) in [7, 11) is 0. The number of benzene rings is 1. The molecule has 0 aliphatic carbocycles. The van der Waals surface area contributed by atoms with Crippen LogP contribution in [-0.2, 0) is 11.2 Å². The Morgan fingerprint density at radius 1 is 1.52 bits per heavy atom. The van der Waals surface area contributed by atoms with Crippen LogP contribution in [0, 0.1) is 5.92 Å². The lowest BCUT2D eigenvalue weighted by Crippen LogP contribution is -2.44. The molecular weight excluding hydrogens is 314 g/mol. The Bertz CT molecular complexity index is 545. The van der Waals surface area contributed by atoms with Crippen molar-refractivity contribution in [3.05, 3.63) is 34.9 Å². The maximum absolute atomic E-state index is 12.2. The van der Waals surface area contributed by atoms with Gasteiger partial charge in [0.05, 0.1) is 0 Å². The monoisotopic (exact) mass is 339 g/mol. The van der Waals surface area contributed by atoms with Gasteiger partial charge in [-0.1, -0.05) is 23.7 Å². The number of rotatable bonds is 4. The van der Waals surface area contributed by atoms with Crippen LogP contribution in [0.2, 0.25) is 5.02 Å². The number of halogens is 1. The Morgan fingerprint density at radius 2 is 2.26 bits per heavy atom. The van der Waals surface area contributed by atoms with Crippen molar-refractivity contribution in [3.8, 4) is 0 Å². The fraction of sp³-hybridized carbons (Fsp3) is 0.588. The number of nitrogens with one attached hydrogen (secondary N) is 1. The lowest BCUT2D eigenvalue weighted by molar-refractivity contribution is 0.0285. The normalized spacial score (nSPS) is 19.7. The molecule has 1 saturated heterocycles. The van der Waals surface area contributed by atoms with Crippen molar-refractivity contribution in [1.82, 2.24) is 10.3 Å². The van der Waals surface area contributed by atoms with Gasteiger partial charge in [0, 0.05) is 24.2 Å². The highest BCUT2D eigenvalue weighted by molar-refractivity contribution is 6.30. The Hall–Kier alpha value is -1.30. The number of likely N-dealkylation sites (tertiary alicyclic amines) is 1. The minimum absolute atomic E-state index is 0.0981. The first kappa shape index (κ1) is 18.0. The molecule has 0 bridgehead atoms. The van der Waals surface area contributed by atoms with Crippen molar-refractivity contribution >= 4 is 17.7 Å². The second kappa shape index (κ2) is 7.51. The number of nitrogens with zero attached hydrogens (tertiary/aromatic N) is 1. The summed E-state index contributed by atoms with van der Waals surface area (Å²) in [4.78, 5) is 13.9. The first-order chi connectivity index (χ1) is 10.8. The number of hydrogen-bond donors (Lipinski definition) is 2. The molecule has 128 valence electrons.